The monoisotopic (exact) mass is 378 g/mol. The molecule has 146 valence electrons. The molecule has 5 heteroatoms. The number of rotatable bonds is 5. The van der Waals surface area contributed by atoms with Gasteiger partial charge in [-0.05, 0) is 43.2 Å². The minimum atomic E-state index is -1.03. The van der Waals surface area contributed by atoms with Crippen LogP contribution in [0.25, 0.3) is 11.0 Å². The van der Waals surface area contributed by atoms with Gasteiger partial charge >= 0.3 is 5.97 Å². The summed E-state index contributed by atoms with van der Waals surface area (Å²) >= 11 is 0. The zero-order valence-corrected chi connectivity index (χ0v) is 16.3. The lowest BCUT2D eigenvalue weighted by Crippen LogP contribution is -2.55. The number of carbonyl (C=O) groups is 1. The second-order valence-corrected chi connectivity index (χ2v) is 7.84. The molecule has 1 saturated heterocycles. The Bertz CT molecular complexity index is 954. The number of furan rings is 1. The Morgan fingerprint density at radius 2 is 1.71 bits per heavy atom. The van der Waals surface area contributed by atoms with Crippen LogP contribution in [-0.2, 0) is 13.1 Å². The van der Waals surface area contributed by atoms with Gasteiger partial charge in [-0.25, -0.2) is 4.79 Å². The van der Waals surface area contributed by atoms with Crippen molar-refractivity contribution in [1.82, 2.24) is 9.80 Å². The minimum Gasteiger partial charge on any atom is -0.475 e. The van der Waals surface area contributed by atoms with Gasteiger partial charge in [0.25, 0.3) is 0 Å². The molecule has 1 aliphatic rings. The van der Waals surface area contributed by atoms with Gasteiger partial charge < -0.3 is 9.52 Å². The number of nitrogens with zero attached hydrogens (tertiary/aromatic N) is 2. The Kier molecular flexibility index (Phi) is 5.20. The van der Waals surface area contributed by atoms with E-state index >= 15 is 0 Å². The zero-order chi connectivity index (χ0) is 19.7. The van der Waals surface area contributed by atoms with Gasteiger partial charge in [0.05, 0.1) is 0 Å². The standard InChI is InChI=1S/C23H26N2O3/c1-16-12-24(13-17(2)25(16)15-18-6-4-3-5-7-18)14-19-8-9-21-20(10-19)11-22(28-21)23(26)27/h3-11,16-17H,12-15H2,1-2H3,(H,26,27)/t16-,17+. The van der Waals surface area contributed by atoms with Gasteiger partial charge in [0, 0.05) is 43.6 Å². The highest BCUT2D eigenvalue weighted by atomic mass is 16.4. The van der Waals surface area contributed by atoms with Crippen LogP contribution in [0.5, 0.6) is 0 Å². The number of fused-ring (bicyclic) bond motifs is 1. The number of carboxylic acid groups (broad SMARTS) is 1. The van der Waals surface area contributed by atoms with Crippen LogP contribution in [0.1, 0.15) is 35.5 Å². The SMILES string of the molecule is C[C@@H]1CN(Cc2ccc3oc(C(=O)O)cc3c2)C[C@H](C)N1Cc1ccccc1. The molecule has 0 spiro atoms. The molecule has 1 aliphatic heterocycles. The third-order valence-electron chi connectivity index (χ3n) is 5.58. The number of benzene rings is 2. The second kappa shape index (κ2) is 7.78. The van der Waals surface area contributed by atoms with Crippen molar-refractivity contribution in [2.75, 3.05) is 13.1 Å². The van der Waals surface area contributed by atoms with Gasteiger partial charge in [-0.3, -0.25) is 9.80 Å². The Morgan fingerprint density at radius 1 is 1.00 bits per heavy atom. The largest absolute Gasteiger partial charge is 0.475 e. The molecule has 0 saturated carbocycles. The molecule has 0 aliphatic carbocycles. The molecule has 1 fully saturated rings. The fourth-order valence-electron chi connectivity index (χ4n) is 4.26. The van der Waals surface area contributed by atoms with E-state index in [0.717, 1.165) is 31.6 Å². The molecule has 0 amide bonds. The molecular weight excluding hydrogens is 352 g/mol. The molecule has 0 bridgehead atoms. The predicted molar refractivity (Wildman–Crippen MR) is 109 cm³/mol. The van der Waals surface area contributed by atoms with Gasteiger partial charge in [0.2, 0.25) is 5.76 Å². The maximum absolute atomic E-state index is 11.1. The summed E-state index contributed by atoms with van der Waals surface area (Å²) in [4.78, 5) is 16.2. The van der Waals surface area contributed by atoms with Crippen LogP contribution < -0.4 is 0 Å². The number of hydrogen-bond donors (Lipinski definition) is 1. The number of aromatic carboxylic acids is 1. The van der Waals surface area contributed by atoms with Gasteiger partial charge in [-0.2, -0.15) is 0 Å². The summed E-state index contributed by atoms with van der Waals surface area (Å²) in [6.45, 7) is 8.46. The highest BCUT2D eigenvalue weighted by Gasteiger charge is 2.29. The molecule has 2 aromatic carbocycles. The summed E-state index contributed by atoms with van der Waals surface area (Å²) in [6.07, 6.45) is 0. The average molecular weight is 378 g/mol. The lowest BCUT2D eigenvalue weighted by Gasteiger charge is -2.44. The van der Waals surface area contributed by atoms with Crippen LogP contribution in [0.4, 0.5) is 0 Å². The van der Waals surface area contributed by atoms with E-state index in [9.17, 15) is 4.79 Å². The van der Waals surface area contributed by atoms with E-state index < -0.39 is 5.97 Å². The quantitative estimate of drug-likeness (QED) is 0.720. The van der Waals surface area contributed by atoms with Crippen LogP contribution in [0.15, 0.2) is 59.0 Å². The molecule has 4 rings (SSSR count). The van der Waals surface area contributed by atoms with Crippen molar-refractivity contribution < 1.29 is 14.3 Å². The molecular formula is C23H26N2O3. The molecule has 1 N–H and O–H groups in total. The Labute approximate surface area is 165 Å². The molecule has 0 radical (unpaired) electrons. The van der Waals surface area contributed by atoms with Crippen molar-refractivity contribution in [1.29, 1.82) is 0 Å². The Morgan fingerprint density at radius 3 is 2.39 bits per heavy atom. The molecule has 1 aromatic heterocycles. The van der Waals surface area contributed by atoms with Gasteiger partial charge in [-0.15, -0.1) is 0 Å². The van der Waals surface area contributed by atoms with Crippen LogP contribution >= 0.6 is 0 Å². The molecule has 2 heterocycles. The second-order valence-electron chi connectivity index (χ2n) is 7.84. The highest BCUT2D eigenvalue weighted by molar-refractivity contribution is 5.91. The summed E-state index contributed by atoms with van der Waals surface area (Å²) in [6, 6.07) is 19.1. The topological polar surface area (TPSA) is 56.9 Å². The molecule has 3 aromatic rings. The van der Waals surface area contributed by atoms with E-state index in [-0.39, 0.29) is 5.76 Å². The van der Waals surface area contributed by atoms with Crippen LogP contribution in [0, 0.1) is 0 Å². The fourth-order valence-corrected chi connectivity index (χ4v) is 4.26. The summed E-state index contributed by atoms with van der Waals surface area (Å²) in [5.41, 5.74) is 3.16. The van der Waals surface area contributed by atoms with Crippen molar-refractivity contribution in [3.8, 4) is 0 Å². The number of piperazine rings is 1. The number of hydrogen-bond acceptors (Lipinski definition) is 4. The first kappa shape index (κ1) is 18.7. The summed E-state index contributed by atoms with van der Waals surface area (Å²) in [7, 11) is 0. The predicted octanol–water partition coefficient (Wildman–Crippen LogP) is 4.23. The van der Waals surface area contributed by atoms with Gasteiger partial charge in [0.1, 0.15) is 5.58 Å². The lowest BCUT2D eigenvalue weighted by molar-refractivity contribution is 0.0290. The Balaban J connectivity index is 1.43. The first-order valence-electron chi connectivity index (χ1n) is 9.77. The van der Waals surface area contributed by atoms with Crippen LogP contribution in [0.2, 0.25) is 0 Å². The summed E-state index contributed by atoms with van der Waals surface area (Å²) < 4.78 is 5.36. The van der Waals surface area contributed by atoms with Crippen molar-refractivity contribution >= 4 is 16.9 Å². The van der Waals surface area contributed by atoms with Crippen molar-refractivity contribution in [2.24, 2.45) is 0 Å². The molecule has 0 unspecified atom stereocenters. The van der Waals surface area contributed by atoms with E-state index in [0.29, 0.717) is 17.7 Å². The van der Waals surface area contributed by atoms with Crippen LogP contribution in [0.3, 0.4) is 0 Å². The lowest BCUT2D eigenvalue weighted by atomic mass is 10.0. The molecule has 5 nitrogen and oxygen atoms in total. The van der Waals surface area contributed by atoms with Crippen molar-refractivity contribution in [3.63, 3.8) is 0 Å². The van der Waals surface area contributed by atoms with Gasteiger partial charge in [-0.1, -0.05) is 36.4 Å². The third-order valence-corrected chi connectivity index (χ3v) is 5.58. The smallest absolute Gasteiger partial charge is 0.371 e. The van der Waals surface area contributed by atoms with E-state index in [1.54, 1.807) is 6.07 Å². The normalized spacial score (nSPS) is 21.2. The maximum atomic E-state index is 11.1. The van der Waals surface area contributed by atoms with Crippen LogP contribution in [-0.4, -0.2) is 46.0 Å². The minimum absolute atomic E-state index is 0.0103. The average Bonchev–Trinajstić information content (AvgIpc) is 3.09. The fraction of sp³-hybridized carbons (Fsp3) is 0.348. The van der Waals surface area contributed by atoms with Crippen molar-refractivity contribution in [3.05, 3.63) is 71.5 Å². The maximum Gasteiger partial charge on any atom is 0.371 e. The van der Waals surface area contributed by atoms with E-state index in [4.69, 9.17) is 9.52 Å². The third kappa shape index (κ3) is 3.96. The van der Waals surface area contributed by atoms with E-state index in [1.807, 2.05) is 18.2 Å². The Hall–Kier alpha value is -2.63. The summed E-state index contributed by atoms with van der Waals surface area (Å²) in [5, 5.41) is 9.94. The van der Waals surface area contributed by atoms with E-state index in [1.165, 1.54) is 11.1 Å². The molecule has 2 atom stereocenters. The summed E-state index contributed by atoms with van der Waals surface area (Å²) in [5.74, 6) is -1.04. The van der Waals surface area contributed by atoms with E-state index in [2.05, 4.69) is 54.0 Å². The van der Waals surface area contributed by atoms with Gasteiger partial charge in [0.15, 0.2) is 0 Å². The number of carboxylic acids is 1. The first-order valence-corrected chi connectivity index (χ1v) is 9.77. The first-order chi connectivity index (χ1) is 13.5. The molecule has 28 heavy (non-hydrogen) atoms. The zero-order valence-electron chi connectivity index (χ0n) is 16.3. The van der Waals surface area contributed by atoms with Crippen molar-refractivity contribution in [2.45, 2.75) is 39.0 Å². The highest BCUT2D eigenvalue weighted by Crippen LogP contribution is 2.24.